The second-order valence-corrected chi connectivity index (χ2v) is 6.05. The Hall–Kier alpha value is -2.24. The van der Waals surface area contributed by atoms with Crippen molar-refractivity contribution in [1.82, 2.24) is 0 Å². The standard InChI is InChI=1S/C18H18Cl2N2O3/c1-3-25-15-7-5-14(6-8-15)22(12(2)23)11-18(24)21-17-10-13(19)4-9-16(17)20/h4-10H,3,11H2,1-2H3,(H,21,24). The first-order valence-electron chi connectivity index (χ1n) is 7.66. The molecule has 132 valence electrons. The van der Waals surface area contributed by atoms with Crippen LogP contribution in [0.5, 0.6) is 5.75 Å². The number of carbonyl (C=O) groups excluding carboxylic acids is 2. The minimum absolute atomic E-state index is 0.147. The predicted octanol–water partition coefficient (Wildman–Crippen LogP) is 4.38. The number of carbonyl (C=O) groups is 2. The summed E-state index contributed by atoms with van der Waals surface area (Å²) in [6.45, 7) is 3.70. The molecule has 0 fully saturated rings. The van der Waals surface area contributed by atoms with Crippen molar-refractivity contribution in [2.24, 2.45) is 0 Å². The van der Waals surface area contributed by atoms with E-state index in [1.807, 2.05) is 6.92 Å². The highest BCUT2D eigenvalue weighted by molar-refractivity contribution is 6.35. The van der Waals surface area contributed by atoms with E-state index in [1.54, 1.807) is 42.5 Å². The molecule has 2 rings (SSSR count). The molecular formula is C18H18Cl2N2O3. The summed E-state index contributed by atoms with van der Waals surface area (Å²) in [6, 6.07) is 11.7. The molecule has 0 radical (unpaired) electrons. The number of nitrogens with one attached hydrogen (secondary N) is 1. The van der Waals surface area contributed by atoms with E-state index in [1.165, 1.54) is 11.8 Å². The van der Waals surface area contributed by atoms with Crippen LogP contribution in [0.3, 0.4) is 0 Å². The van der Waals surface area contributed by atoms with Crippen LogP contribution in [-0.2, 0) is 9.59 Å². The van der Waals surface area contributed by atoms with E-state index < -0.39 is 0 Å². The average molecular weight is 381 g/mol. The Bertz CT molecular complexity index is 763. The molecule has 5 nitrogen and oxygen atoms in total. The zero-order valence-corrected chi connectivity index (χ0v) is 15.4. The van der Waals surface area contributed by atoms with Crippen LogP contribution in [0.1, 0.15) is 13.8 Å². The quantitative estimate of drug-likeness (QED) is 0.808. The summed E-state index contributed by atoms with van der Waals surface area (Å²) in [6.07, 6.45) is 0. The highest BCUT2D eigenvalue weighted by Crippen LogP contribution is 2.25. The van der Waals surface area contributed by atoms with Crippen LogP contribution in [0.4, 0.5) is 11.4 Å². The second-order valence-electron chi connectivity index (χ2n) is 5.20. The summed E-state index contributed by atoms with van der Waals surface area (Å²) in [5, 5.41) is 3.49. The Balaban J connectivity index is 2.11. The maximum atomic E-state index is 12.3. The number of rotatable bonds is 6. The number of nitrogens with zero attached hydrogens (tertiary/aromatic N) is 1. The molecule has 0 aromatic heterocycles. The molecule has 0 aliphatic heterocycles. The highest BCUT2D eigenvalue weighted by Gasteiger charge is 2.17. The number of hydrogen-bond acceptors (Lipinski definition) is 3. The van der Waals surface area contributed by atoms with Gasteiger partial charge in [-0.1, -0.05) is 23.2 Å². The third-order valence-corrected chi connectivity index (χ3v) is 3.91. The zero-order valence-electron chi connectivity index (χ0n) is 13.9. The first-order chi connectivity index (χ1) is 11.9. The molecule has 1 N–H and O–H groups in total. The number of hydrogen-bond donors (Lipinski definition) is 1. The van der Waals surface area contributed by atoms with Gasteiger partial charge in [0.2, 0.25) is 11.8 Å². The van der Waals surface area contributed by atoms with Crippen molar-refractivity contribution >= 4 is 46.4 Å². The highest BCUT2D eigenvalue weighted by atomic mass is 35.5. The fourth-order valence-corrected chi connectivity index (χ4v) is 2.54. The molecule has 25 heavy (non-hydrogen) atoms. The molecule has 0 spiro atoms. The number of amides is 2. The number of anilines is 2. The number of ether oxygens (including phenoxy) is 1. The van der Waals surface area contributed by atoms with Gasteiger partial charge < -0.3 is 15.0 Å². The molecule has 0 unspecified atom stereocenters. The Morgan fingerprint density at radius 3 is 2.40 bits per heavy atom. The molecule has 0 heterocycles. The summed E-state index contributed by atoms with van der Waals surface area (Å²) in [4.78, 5) is 25.6. The number of benzene rings is 2. The van der Waals surface area contributed by atoms with Gasteiger partial charge >= 0.3 is 0 Å². The Morgan fingerprint density at radius 2 is 1.80 bits per heavy atom. The molecule has 2 aromatic rings. The Labute approximate surface area is 156 Å². The zero-order chi connectivity index (χ0) is 18.4. The SMILES string of the molecule is CCOc1ccc(N(CC(=O)Nc2cc(Cl)ccc2Cl)C(C)=O)cc1. The van der Waals surface area contributed by atoms with Crippen molar-refractivity contribution in [3.8, 4) is 5.75 Å². The topological polar surface area (TPSA) is 58.6 Å². The summed E-state index contributed by atoms with van der Waals surface area (Å²) in [7, 11) is 0. The van der Waals surface area contributed by atoms with Crippen molar-refractivity contribution in [2.45, 2.75) is 13.8 Å². The van der Waals surface area contributed by atoms with Gasteiger partial charge in [0, 0.05) is 17.6 Å². The normalized spacial score (nSPS) is 10.2. The first-order valence-corrected chi connectivity index (χ1v) is 8.42. The molecule has 2 aromatic carbocycles. The third-order valence-electron chi connectivity index (χ3n) is 3.34. The monoisotopic (exact) mass is 380 g/mol. The summed E-state index contributed by atoms with van der Waals surface area (Å²) < 4.78 is 5.38. The van der Waals surface area contributed by atoms with Gasteiger partial charge in [-0.2, -0.15) is 0 Å². The fourth-order valence-electron chi connectivity index (χ4n) is 2.20. The van der Waals surface area contributed by atoms with Gasteiger partial charge in [-0.15, -0.1) is 0 Å². The maximum absolute atomic E-state index is 12.3. The summed E-state index contributed by atoms with van der Waals surface area (Å²) in [5.41, 5.74) is 0.998. The van der Waals surface area contributed by atoms with Gasteiger partial charge in [-0.25, -0.2) is 0 Å². The molecule has 7 heteroatoms. The Kier molecular flexibility index (Phi) is 6.67. The van der Waals surface area contributed by atoms with Crippen molar-refractivity contribution in [1.29, 1.82) is 0 Å². The van der Waals surface area contributed by atoms with E-state index in [0.29, 0.717) is 33.8 Å². The lowest BCUT2D eigenvalue weighted by Gasteiger charge is -2.21. The molecule has 0 saturated carbocycles. The molecule has 0 bridgehead atoms. The van der Waals surface area contributed by atoms with Crippen LogP contribution in [0.2, 0.25) is 10.0 Å². The van der Waals surface area contributed by atoms with E-state index in [9.17, 15) is 9.59 Å². The van der Waals surface area contributed by atoms with E-state index >= 15 is 0 Å². The fraction of sp³-hybridized carbons (Fsp3) is 0.222. The van der Waals surface area contributed by atoms with Crippen molar-refractivity contribution in [2.75, 3.05) is 23.4 Å². The van der Waals surface area contributed by atoms with Crippen molar-refractivity contribution < 1.29 is 14.3 Å². The van der Waals surface area contributed by atoms with E-state index in [-0.39, 0.29) is 18.4 Å². The minimum atomic E-state index is -0.381. The molecule has 0 aliphatic carbocycles. The molecule has 0 aliphatic rings. The second kappa shape index (κ2) is 8.74. The van der Waals surface area contributed by atoms with Crippen molar-refractivity contribution in [3.05, 3.63) is 52.5 Å². The van der Waals surface area contributed by atoms with E-state index in [4.69, 9.17) is 27.9 Å². The van der Waals surface area contributed by atoms with Gasteiger partial charge in [-0.05, 0) is 49.4 Å². The van der Waals surface area contributed by atoms with Gasteiger partial charge in [0.05, 0.1) is 17.3 Å². The van der Waals surface area contributed by atoms with Gasteiger partial charge in [0.25, 0.3) is 0 Å². The molecular weight excluding hydrogens is 363 g/mol. The summed E-state index contributed by atoms with van der Waals surface area (Å²) >= 11 is 11.9. The van der Waals surface area contributed by atoms with Crippen LogP contribution < -0.4 is 15.0 Å². The molecule has 0 saturated heterocycles. The van der Waals surface area contributed by atoms with Crippen LogP contribution in [0.25, 0.3) is 0 Å². The average Bonchev–Trinajstić information content (AvgIpc) is 2.57. The van der Waals surface area contributed by atoms with Gasteiger partial charge in [0.1, 0.15) is 12.3 Å². The van der Waals surface area contributed by atoms with Crippen molar-refractivity contribution in [3.63, 3.8) is 0 Å². The largest absolute Gasteiger partial charge is 0.494 e. The maximum Gasteiger partial charge on any atom is 0.244 e. The van der Waals surface area contributed by atoms with Crippen LogP contribution in [-0.4, -0.2) is 25.0 Å². The predicted molar refractivity (Wildman–Crippen MR) is 101 cm³/mol. The smallest absolute Gasteiger partial charge is 0.244 e. The molecule has 2 amide bonds. The van der Waals surface area contributed by atoms with Crippen LogP contribution >= 0.6 is 23.2 Å². The van der Waals surface area contributed by atoms with Crippen LogP contribution in [0, 0.1) is 0 Å². The van der Waals surface area contributed by atoms with E-state index in [2.05, 4.69) is 5.32 Å². The Morgan fingerprint density at radius 1 is 1.12 bits per heavy atom. The lowest BCUT2D eigenvalue weighted by molar-refractivity contribution is -0.120. The summed E-state index contributed by atoms with van der Waals surface area (Å²) in [5.74, 6) is 0.0645. The van der Waals surface area contributed by atoms with Crippen LogP contribution in [0.15, 0.2) is 42.5 Å². The van der Waals surface area contributed by atoms with E-state index in [0.717, 1.165) is 0 Å². The third kappa shape index (κ3) is 5.37. The lowest BCUT2D eigenvalue weighted by Crippen LogP contribution is -2.36. The lowest BCUT2D eigenvalue weighted by atomic mass is 10.2. The van der Waals surface area contributed by atoms with Gasteiger partial charge in [-0.3, -0.25) is 9.59 Å². The first kappa shape index (κ1) is 19.1. The minimum Gasteiger partial charge on any atom is -0.494 e. The number of halogens is 2. The molecule has 0 atom stereocenters. The van der Waals surface area contributed by atoms with Gasteiger partial charge in [0.15, 0.2) is 0 Å².